The number of halogens is 2. The zero-order valence-electron chi connectivity index (χ0n) is 8.40. The minimum atomic E-state index is 0. The molecule has 0 aromatic heterocycles. The monoisotopic (exact) mass is 233 g/mol. The minimum absolute atomic E-state index is 0. The third-order valence-corrected chi connectivity index (χ3v) is 2.51. The second-order valence-corrected chi connectivity index (χ2v) is 3.53. The van der Waals surface area contributed by atoms with Gasteiger partial charge in [0.15, 0.2) is 0 Å². The van der Waals surface area contributed by atoms with Gasteiger partial charge in [-0.15, -0.1) is 24.8 Å². The van der Waals surface area contributed by atoms with E-state index >= 15 is 0 Å². The molecule has 0 N–H and O–H groups in total. The maximum Gasteiger partial charge on any atom is 0.0366 e. The van der Waals surface area contributed by atoms with Crippen LogP contribution in [0.1, 0.15) is 18.4 Å². The molecule has 0 unspecified atom stereocenters. The molecule has 0 amide bonds. The van der Waals surface area contributed by atoms with Crippen molar-refractivity contribution in [2.45, 2.75) is 19.8 Å². The SMILES string of the molecule is Cc1ccc(N2CCCC2)cc1.Cl.Cl. The number of hydrogen-bond acceptors (Lipinski definition) is 1. The van der Waals surface area contributed by atoms with Gasteiger partial charge in [-0.3, -0.25) is 0 Å². The van der Waals surface area contributed by atoms with Gasteiger partial charge in [-0.2, -0.15) is 0 Å². The lowest BCUT2D eigenvalue weighted by molar-refractivity contribution is 0.949. The average Bonchev–Trinajstić information content (AvgIpc) is 2.58. The molecule has 1 fully saturated rings. The van der Waals surface area contributed by atoms with Gasteiger partial charge in [0.1, 0.15) is 0 Å². The average molecular weight is 234 g/mol. The van der Waals surface area contributed by atoms with Gasteiger partial charge in [0.05, 0.1) is 0 Å². The molecule has 80 valence electrons. The molecule has 1 heterocycles. The van der Waals surface area contributed by atoms with Crippen LogP contribution in [-0.2, 0) is 0 Å². The molecule has 0 bridgehead atoms. The van der Waals surface area contributed by atoms with Crippen LogP contribution in [-0.4, -0.2) is 13.1 Å². The van der Waals surface area contributed by atoms with Gasteiger partial charge >= 0.3 is 0 Å². The van der Waals surface area contributed by atoms with Crippen molar-refractivity contribution in [2.75, 3.05) is 18.0 Å². The molecule has 3 heteroatoms. The molecular weight excluding hydrogens is 217 g/mol. The number of benzene rings is 1. The Kier molecular flexibility index (Phi) is 5.98. The van der Waals surface area contributed by atoms with E-state index in [1.807, 2.05) is 0 Å². The van der Waals surface area contributed by atoms with E-state index in [9.17, 15) is 0 Å². The normalized spacial score (nSPS) is 14.5. The molecule has 1 nitrogen and oxygen atoms in total. The third-order valence-electron chi connectivity index (χ3n) is 2.51. The fourth-order valence-electron chi connectivity index (χ4n) is 1.73. The maximum atomic E-state index is 2.46. The van der Waals surface area contributed by atoms with Crippen molar-refractivity contribution in [1.82, 2.24) is 0 Å². The zero-order valence-corrected chi connectivity index (χ0v) is 10.0. The molecule has 0 aliphatic carbocycles. The Balaban J connectivity index is 0.000000845. The van der Waals surface area contributed by atoms with Crippen molar-refractivity contribution in [2.24, 2.45) is 0 Å². The summed E-state index contributed by atoms with van der Waals surface area (Å²) in [6.07, 6.45) is 2.71. The number of hydrogen-bond donors (Lipinski definition) is 0. The van der Waals surface area contributed by atoms with Gasteiger partial charge in [-0.25, -0.2) is 0 Å². The Bertz CT molecular complexity index is 252. The summed E-state index contributed by atoms with van der Waals surface area (Å²) in [5.41, 5.74) is 2.73. The van der Waals surface area contributed by atoms with E-state index in [1.54, 1.807) is 0 Å². The summed E-state index contributed by atoms with van der Waals surface area (Å²) in [6.45, 7) is 4.61. The molecule has 0 spiro atoms. The van der Waals surface area contributed by atoms with Crippen LogP contribution >= 0.6 is 24.8 Å². The molecule has 1 saturated heterocycles. The van der Waals surface area contributed by atoms with E-state index in [2.05, 4.69) is 36.1 Å². The van der Waals surface area contributed by atoms with Crippen LogP contribution in [0.5, 0.6) is 0 Å². The van der Waals surface area contributed by atoms with E-state index in [4.69, 9.17) is 0 Å². The van der Waals surface area contributed by atoms with Crippen molar-refractivity contribution in [3.8, 4) is 0 Å². The highest BCUT2D eigenvalue weighted by Crippen LogP contribution is 2.19. The lowest BCUT2D eigenvalue weighted by atomic mass is 10.2. The largest absolute Gasteiger partial charge is 0.372 e. The molecular formula is C11H17Cl2N. The first-order valence-corrected chi connectivity index (χ1v) is 4.68. The minimum Gasteiger partial charge on any atom is -0.372 e. The van der Waals surface area contributed by atoms with Crippen molar-refractivity contribution < 1.29 is 0 Å². The van der Waals surface area contributed by atoms with Gasteiger partial charge in [-0.05, 0) is 31.9 Å². The van der Waals surface area contributed by atoms with E-state index < -0.39 is 0 Å². The van der Waals surface area contributed by atoms with Crippen LogP contribution in [0.25, 0.3) is 0 Å². The van der Waals surface area contributed by atoms with E-state index in [0.717, 1.165) is 0 Å². The van der Waals surface area contributed by atoms with Crippen molar-refractivity contribution in [3.63, 3.8) is 0 Å². The first kappa shape index (κ1) is 13.6. The van der Waals surface area contributed by atoms with Crippen LogP contribution in [0.2, 0.25) is 0 Å². The van der Waals surface area contributed by atoms with Crippen molar-refractivity contribution in [1.29, 1.82) is 0 Å². The number of nitrogens with zero attached hydrogens (tertiary/aromatic N) is 1. The van der Waals surface area contributed by atoms with Gasteiger partial charge < -0.3 is 4.90 Å². The standard InChI is InChI=1S/C11H15N.2ClH/c1-10-4-6-11(7-5-10)12-8-2-3-9-12;;/h4-7H,2-3,8-9H2,1H3;2*1H. The summed E-state index contributed by atoms with van der Waals surface area (Å²) in [7, 11) is 0. The van der Waals surface area contributed by atoms with E-state index in [1.165, 1.54) is 37.2 Å². The maximum absolute atomic E-state index is 2.46. The highest BCUT2D eigenvalue weighted by atomic mass is 35.5. The summed E-state index contributed by atoms with van der Waals surface area (Å²) >= 11 is 0. The van der Waals surface area contributed by atoms with Crippen LogP contribution in [0.3, 0.4) is 0 Å². The van der Waals surface area contributed by atoms with Crippen molar-refractivity contribution in [3.05, 3.63) is 29.8 Å². The lowest BCUT2D eigenvalue weighted by Gasteiger charge is -2.17. The Morgan fingerprint density at radius 2 is 1.43 bits per heavy atom. The third kappa shape index (κ3) is 3.07. The smallest absolute Gasteiger partial charge is 0.0366 e. The Hall–Kier alpha value is -0.400. The lowest BCUT2D eigenvalue weighted by Crippen LogP contribution is -2.17. The number of anilines is 1. The van der Waals surface area contributed by atoms with Crippen molar-refractivity contribution >= 4 is 30.5 Å². The predicted octanol–water partition coefficient (Wildman–Crippen LogP) is 3.44. The topological polar surface area (TPSA) is 3.24 Å². The van der Waals surface area contributed by atoms with Crippen LogP contribution < -0.4 is 4.90 Å². The molecule has 0 atom stereocenters. The van der Waals surface area contributed by atoms with Crippen LogP contribution in [0.4, 0.5) is 5.69 Å². The van der Waals surface area contributed by atoms with Crippen LogP contribution in [0.15, 0.2) is 24.3 Å². The molecule has 2 rings (SSSR count). The molecule has 1 aliphatic rings. The summed E-state index contributed by atoms with van der Waals surface area (Å²) in [4.78, 5) is 2.46. The summed E-state index contributed by atoms with van der Waals surface area (Å²) in [6, 6.07) is 8.82. The predicted molar refractivity (Wildman–Crippen MR) is 67.1 cm³/mol. The Morgan fingerprint density at radius 1 is 0.929 bits per heavy atom. The second kappa shape index (κ2) is 6.15. The molecule has 1 aliphatic heterocycles. The van der Waals surface area contributed by atoms with E-state index in [0.29, 0.717) is 0 Å². The Morgan fingerprint density at radius 3 is 1.93 bits per heavy atom. The summed E-state index contributed by atoms with van der Waals surface area (Å²) in [5, 5.41) is 0. The summed E-state index contributed by atoms with van der Waals surface area (Å²) in [5.74, 6) is 0. The molecule has 0 saturated carbocycles. The number of aryl methyl sites for hydroxylation is 1. The van der Waals surface area contributed by atoms with Gasteiger partial charge in [0, 0.05) is 18.8 Å². The van der Waals surface area contributed by atoms with Gasteiger partial charge in [0.25, 0.3) is 0 Å². The zero-order chi connectivity index (χ0) is 8.39. The second-order valence-electron chi connectivity index (χ2n) is 3.53. The fraction of sp³-hybridized carbons (Fsp3) is 0.455. The van der Waals surface area contributed by atoms with Gasteiger partial charge in [0.2, 0.25) is 0 Å². The molecule has 1 aromatic rings. The molecule has 14 heavy (non-hydrogen) atoms. The Labute approximate surface area is 98.3 Å². The summed E-state index contributed by atoms with van der Waals surface area (Å²) < 4.78 is 0. The quantitative estimate of drug-likeness (QED) is 0.719. The van der Waals surface area contributed by atoms with Crippen LogP contribution in [0, 0.1) is 6.92 Å². The first-order valence-electron chi connectivity index (χ1n) is 4.68. The fourth-order valence-corrected chi connectivity index (χ4v) is 1.73. The molecule has 0 radical (unpaired) electrons. The van der Waals surface area contributed by atoms with E-state index in [-0.39, 0.29) is 24.8 Å². The molecule has 1 aromatic carbocycles. The van der Waals surface area contributed by atoms with Gasteiger partial charge in [-0.1, -0.05) is 17.7 Å². The highest BCUT2D eigenvalue weighted by molar-refractivity contribution is 5.85. The highest BCUT2D eigenvalue weighted by Gasteiger charge is 2.10. The first-order chi connectivity index (χ1) is 5.86. The number of rotatable bonds is 1.